The SMILES string of the molecule is CCCS(=O)(=O)NC1CCN(c2ccc(-n3ncc(Cl)c(Cl)c3=O)cc2Cl)CC1. The van der Waals surface area contributed by atoms with E-state index in [-0.39, 0.29) is 21.8 Å². The van der Waals surface area contributed by atoms with Crippen LogP contribution >= 0.6 is 34.8 Å². The molecule has 7 nitrogen and oxygen atoms in total. The highest BCUT2D eigenvalue weighted by Crippen LogP contribution is 2.30. The van der Waals surface area contributed by atoms with Crippen molar-refractivity contribution in [3.8, 4) is 5.69 Å². The van der Waals surface area contributed by atoms with Gasteiger partial charge in [-0.05, 0) is 37.5 Å². The lowest BCUT2D eigenvalue weighted by Gasteiger charge is -2.34. The average molecular weight is 480 g/mol. The van der Waals surface area contributed by atoms with Crippen LogP contribution in [-0.2, 0) is 10.0 Å². The third kappa shape index (κ3) is 5.24. The predicted octanol–water partition coefficient (Wildman–Crippen LogP) is 3.49. The number of nitrogens with zero attached hydrogens (tertiary/aromatic N) is 3. The van der Waals surface area contributed by atoms with E-state index >= 15 is 0 Å². The fraction of sp³-hybridized carbons (Fsp3) is 0.444. The summed E-state index contributed by atoms with van der Waals surface area (Å²) in [5.41, 5.74) is 0.770. The lowest BCUT2D eigenvalue weighted by molar-refractivity contribution is 0.460. The van der Waals surface area contributed by atoms with Crippen LogP contribution in [0.25, 0.3) is 5.69 Å². The molecule has 1 aliphatic rings. The lowest BCUT2D eigenvalue weighted by atomic mass is 10.1. The summed E-state index contributed by atoms with van der Waals surface area (Å²) in [5, 5.41) is 4.46. The van der Waals surface area contributed by atoms with Gasteiger partial charge >= 0.3 is 0 Å². The number of halogens is 3. The standard InChI is InChI=1S/C18H21Cl3N4O3S/c1-2-9-29(27,28)23-12-5-7-24(8-6-12)16-4-3-13(10-14(16)19)25-18(26)17(21)15(20)11-22-25/h3-4,10-12,23H,2,5-9H2,1H3. The molecule has 0 bridgehead atoms. The van der Waals surface area contributed by atoms with E-state index in [0.29, 0.717) is 43.1 Å². The zero-order valence-electron chi connectivity index (χ0n) is 15.7. The summed E-state index contributed by atoms with van der Waals surface area (Å²) >= 11 is 18.2. The maximum Gasteiger partial charge on any atom is 0.291 e. The molecule has 2 aromatic rings. The molecule has 1 saturated heterocycles. The molecule has 2 heterocycles. The molecule has 0 spiro atoms. The Labute approximate surface area is 184 Å². The van der Waals surface area contributed by atoms with Gasteiger partial charge in [-0.2, -0.15) is 9.78 Å². The fourth-order valence-electron chi connectivity index (χ4n) is 3.30. The van der Waals surface area contributed by atoms with E-state index in [1.165, 1.54) is 6.20 Å². The van der Waals surface area contributed by atoms with Crippen molar-refractivity contribution in [2.45, 2.75) is 32.2 Å². The zero-order valence-corrected chi connectivity index (χ0v) is 18.8. The minimum Gasteiger partial charge on any atom is -0.370 e. The van der Waals surface area contributed by atoms with Gasteiger partial charge in [0.25, 0.3) is 5.56 Å². The Bertz CT molecular complexity index is 1050. The Morgan fingerprint density at radius 2 is 1.86 bits per heavy atom. The molecule has 1 aliphatic heterocycles. The molecule has 29 heavy (non-hydrogen) atoms. The summed E-state index contributed by atoms with van der Waals surface area (Å²) in [6.07, 6.45) is 3.27. The van der Waals surface area contributed by atoms with Gasteiger partial charge in [-0.25, -0.2) is 13.1 Å². The van der Waals surface area contributed by atoms with Crippen molar-refractivity contribution in [2.75, 3.05) is 23.7 Å². The molecule has 0 atom stereocenters. The summed E-state index contributed by atoms with van der Waals surface area (Å²) in [4.78, 5) is 14.4. The molecular weight excluding hydrogens is 459 g/mol. The van der Waals surface area contributed by atoms with Gasteiger partial charge < -0.3 is 4.90 Å². The third-order valence-corrected chi connectivity index (χ3v) is 7.40. The molecule has 1 N–H and O–H groups in total. The molecular formula is C18H21Cl3N4O3S. The van der Waals surface area contributed by atoms with E-state index in [9.17, 15) is 13.2 Å². The monoisotopic (exact) mass is 478 g/mol. The highest BCUT2D eigenvalue weighted by atomic mass is 35.5. The first-order valence-corrected chi connectivity index (χ1v) is 12.0. The van der Waals surface area contributed by atoms with Crippen LogP contribution in [0, 0.1) is 0 Å². The van der Waals surface area contributed by atoms with Crippen LogP contribution in [0.4, 0.5) is 5.69 Å². The minimum atomic E-state index is -3.22. The van der Waals surface area contributed by atoms with Gasteiger partial charge in [0, 0.05) is 19.1 Å². The van der Waals surface area contributed by atoms with Gasteiger partial charge in [-0.15, -0.1) is 0 Å². The van der Waals surface area contributed by atoms with Gasteiger partial charge in [0.1, 0.15) is 5.02 Å². The van der Waals surface area contributed by atoms with E-state index in [1.807, 2.05) is 13.0 Å². The van der Waals surface area contributed by atoms with E-state index in [0.717, 1.165) is 10.4 Å². The second kappa shape index (κ2) is 9.22. The van der Waals surface area contributed by atoms with Gasteiger partial charge in [0.2, 0.25) is 10.0 Å². The zero-order chi connectivity index (χ0) is 21.2. The van der Waals surface area contributed by atoms with Crippen LogP contribution in [-0.4, -0.2) is 43.1 Å². The molecule has 1 fully saturated rings. The number of benzene rings is 1. The van der Waals surface area contributed by atoms with Crippen LogP contribution in [0.1, 0.15) is 26.2 Å². The van der Waals surface area contributed by atoms with Crippen LogP contribution in [0.3, 0.4) is 0 Å². The number of piperidine rings is 1. The highest BCUT2D eigenvalue weighted by molar-refractivity contribution is 7.89. The molecule has 1 aromatic heterocycles. The van der Waals surface area contributed by atoms with Crippen molar-refractivity contribution in [1.82, 2.24) is 14.5 Å². The molecule has 3 rings (SSSR count). The number of rotatable bonds is 6. The van der Waals surface area contributed by atoms with Gasteiger partial charge in [-0.1, -0.05) is 41.7 Å². The van der Waals surface area contributed by atoms with E-state index in [2.05, 4.69) is 14.7 Å². The number of aromatic nitrogens is 2. The number of sulfonamides is 1. The van der Waals surface area contributed by atoms with Crippen molar-refractivity contribution < 1.29 is 8.42 Å². The molecule has 11 heteroatoms. The van der Waals surface area contributed by atoms with Gasteiger partial charge in [0.15, 0.2) is 0 Å². The first kappa shape index (κ1) is 22.4. The lowest BCUT2D eigenvalue weighted by Crippen LogP contribution is -2.45. The number of hydrogen-bond acceptors (Lipinski definition) is 5. The van der Waals surface area contributed by atoms with Crippen LogP contribution in [0.15, 0.2) is 29.2 Å². The van der Waals surface area contributed by atoms with Gasteiger partial charge in [-0.3, -0.25) is 4.79 Å². The third-order valence-electron chi connectivity index (χ3n) is 4.71. The molecule has 1 aromatic carbocycles. The Kier molecular flexibility index (Phi) is 7.11. The summed E-state index contributed by atoms with van der Waals surface area (Å²) in [5.74, 6) is 0.141. The van der Waals surface area contributed by atoms with E-state index in [1.54, 1.807) is 12.1 Å². The Hall–Kier alpha value is -1.32. The maximum absolute atomic E-state index is 12.3. The Morgan fingerprint density at radius 3 is 2.48 bits per heavy atom. The molecule has 0 amide bonds. The molecule has 158 valence electrons. The fourth-order valence-corrected chi connectivity index (χ4v) is 5.25. The quantitative estimate of drug-likeness (QED) is 0.685. The summed E-state index contributed by atoms with van der Waals surface area (Å²) in [6.45, 7) is 3.18. The van der Waals surface area contributed by atoms with E-state index in [4.69, 9.17) is 34.8 Å². The molecule has 0 unspecified atom stereocenters. The van der Waals surface area contributed by atoms with Crippen molar-refractivity contribution >= 4 is 50.5 Å². The topological polar surface area (TPSA) is 84.3 Å². The van der Waals surface area contributed by atoms with Gasteiger partial charge in [0.05, 0.1) is 33.4 Å². The van der Waals surface area contributed by atoms with Crippen molar-refractivity contribution in [1.29, 1.82) is 0 Å². The average Bonchev–Trinajstić information content (AvgIpc) is 2.67. The van der Waals surface area contributed by atoms with Crippen molar-refractivity contribution in [2.24, 2.45) is 0 Å². The Morgan fingerprint density at radius 1 is 1.17 bits per heavy atom. The van der Waals surface area contributed by atoms with Crippen molar-refractivity contribution in [3.63, 3.8) is 0 Å². The van der Waals surface area contributed by atoms with E-state index < -0.39 is 15.6 Å². The number of hydrogen-bond donors (Lipinski definition) is 1. The van der Waals surface area contributed by atoms with Crippen molar-refractivity contribution in [3.05, 3.63) is 49.8 Å². The number of nitrogens with one attached hydrogen (secondary N) is 1. The molecule has 0 aliphatic carbocycles. The normalized spacial score (nSPS) is 15.7. The first-order valence-electron chi connectivity index (χ1n) is 9.20. The highest BCUT2D eigenvalue weighted by Gasteiger charge is 2.24. The maximum atomic E-state index is 12.3. The number of anilines is 1. The molecule has 0 saturated carbocycles. The summed E-state index contributed by atoms with van der Waals surface area (Å²) in [6, 6.07) is 5.12. The Balaban J connectivity index is 1.72. The first-order chi connectivity index (χ1) is 13.7. The van der Waals surface area contributed by atoms with Crippen LogP contribution in [0.2, 0.25) is 15.1 Å². The smallest absolute Gasteiger partial charge is 0.291 e. The minimum absolute atomic E-state index is 0.0696. The predicted molar refractivity (Wildman–Crippen MR) is 117 cm³/mol. The van der Waals surface area contributed by atoms with Crippen LogP contribution < -0.4 is 15.2 Å². The summed E-state index contributed by atoms with van der Waals surface area (Å²) in [7, 11) is -3.22. The second-order valence-corrected chi connectivity index (χ2v) is 9.92. The molecule has 0 radical (unpaired) electrons. The summed E-state index contributed by atoms with van der Waals surface area (Å²) < 4.78 is 27.8. The second-order valence-electron chi connectivity index (χ2n) is 6.86. The largest absolute Gasteiger partial charge is 0.370 e. The van der Waals surface area contributed by atoms with Crippen LogP contribution in [0.5, 0.6) is 0 Å².